The number of nitrogens with one attached hydrogen (secondary N) is 3. The van der Waals surface area contributed by atoms with Crippen LogP contribution in [0, 0.1) is 13.8 Å². The second-order valence-electron chi connectivity index (χ2n) is 6.53. The second-order valence-corrected chi connectivity index (χ2v) is 8.21. The first-order valence-corrected chi connectivity index (χ1v) is 9.99. The Hall–Kier alpha value is -2.51. The van der Waals surface area contributed by atoms with Crippen molar-refractivity contribution < 1.29 is 14.4 Å². The molecule has 1 aliphatic heterocycles. The molecule has 0 saturated carbocycles. The third kappa shape index (κ3) is 4.85. The van der Waals surface area contributed by atoms with E-state index in [1.807, 2.05) is 38.1 Å². The van der Waals surface area contributed by atoms with E-state index < -0.39 is 5.25 Å². The van der Waals surface area contributed by atoms with E-state index in [1.54, 1.807) is 12.1 Å². The highest BCUT2D eigenvalue weighted by atomic mass is 35.5. The van der Waals surface area contributed by atoms with Crippen LogP contribution in [-0.2, 0) is 14.4 Å². The van der Waals surface area contributed by atoms with Crippen LogP contribution in [0.4, 0.5) is 11.4 Å². The number of rotatable bonds is 5. The number of hydrogen-bond donors (Lipinski definition) is 3. The summed E-state index contributed by atoms with van der Waals surface area (Å²) in [5.74, 6) is -0.928. The molecule has 1 heterocycles. The molecule has 0 radical (unpaired) electrons. The molecule has 0 bridgehead atoms. The van der Waals surface area contributed by atoms with Crippen molar-refractivity contribution in [3.63, 3.8) is 0 Å². The highest BCUT2D eigenvalue weighted by Gasteiger charge is 2.29. The highest BCUT2D eigenvalue weighted by Crippen LogP contribution is 2.38. The predicted molar refractivity (Wildman–Crippen MR) is 112 cm³/mol. The van der Waals surface area contributed by atoms with Gasteiger partial charge in [-0.05, 0) is 43.2 Å². The van der Waals surface area contributed by atoms with Gasteiger partial charge in [0.25, 0.3) is 0 Å². The van der Waals surface area contributed by atoms with Gasteiger partial charge in [0.05, 0.1) is 17.5 Å². The van der Waals surface area contributed by atoms with Crippen molar-refractivity contribution in [3.05, 3.63) is 52.5 Å². The fraction of sp³-hybridized carbons (Fsp3) is 0.250. The number of carbonyl (C=O) groups is 3. The van der Waals surface area contributed by atoms with Crippen LogP contribution in [-0.4, -0.2) is 29.5 Å². The molecule has 1 unspecified atom stereocenters. The Morgan fingerprint density at radius 1 is 1.14 bits per heavy atom. The van der Waals surface area contributed by atoms with E-state index in [1.165, 1.54) is 11.8 Å². The molecule has 3 amide bonds. The van der Waals surface area contributed by atoms with Crippen LogP contribution >= 0.6 is 23.4 Å². The molecule has 0 aliphatic carbocycles. The van der Waals surface area contributed by atoms with Crippen molar-refractivity contribution in [2.24, 2.45) is 0 Å². The minimum atomic E-state index is -0.560. The minimum absolute atomic E-state index is 0.0186. The van der Waals surface area contributed by atoms with Crippen molar-refractivity contribution in [3.8, 4) is 0 Å². The lowest BCUT2D eigenvalue weighted by molar-refractivity contribution is -0.125. The zero-order valence-electron chi connectivity index (χ0n) is 15.5. The fourth-order valence-corrected chi connectivity index (χ4v) is 4.13. The van der Waals surface area contributed by atoms with E-state index in [2.05, 4.69) is 16.0 Å². The van der Waals surface area contributed by atoms with E-state index in [0.29, 0.717) is 10.7 Å². The third-order valence-electron chi connectivity index (χ3n) is 4.32. The maximum absolute atomic E-state index is 12.2. The van der Waals surface area contributed by atoms with Gasteiger partial charge in [-0.1, -0.05) is 29.8 Å². The molecule has 3 N–H and O–H groups in total. The van der Waals surface area contributed by atoms with Crippen LogP contribution in [0.1, 0.15) is 17.5 Å². The minimum Gasteiger partial charge on any atom is -0.347 e. The van der Waals surface area contributed by atoms with Crippen LogP contribution < -0.4 is 16.0 Å². The summed E-state index contributed by atoms with van der Waals surface area (Å²) in [6.07, 6.45) is -0.0186. The fourth-order valence-electron chi connectivity index (χ4n) is 2.87. The van der Waals surface area contributed by atoms with Gasteiger partial charge in [-0.25, -0.2) is 0 Å². The summed E-state index contributed by atoms with van der Waals surface area (Å²) in [6.45, 7) is 3.66. The first-order valence-electron chi connectivity index (χ1n) is 8.73. The Morgan fingerprint density at radius 3 is 2.57 bits per heavy atom. The Morgan fingerprint density at radius 2 is 1.86 bits per heavy atom. The molecule has 1 atom stereocenters. The summed E-state index contributed by atoms with van der Waals surface area (Å²) in [5.41, 5.74) is 3.30. The Bertz CT molecular complexity index is 928. The average Bonchev–Trinajstić information content (AvgIpc) is 2.64. The summed E-state index contributed by atoms with van der Waals surface area (Å²) >= 11 is 7.24. The number of aryl methyl sites for hydroxylation is 2. The van der Waals surface area contributed by atoms with Crippen molar-refractivity contribution in [1.29, 1.82) is 0 Å². The molecule has 0 spiro atoms. The number of carbonyl (C=O) groups excluding carboxylic acids is 3. The molecule has 0 aromatic heterocycles. The SMILES string of the molecule is Cc1cccc(C)c1NC(=O)CNC(=O)CC1Sc2ccc(Cl)cc2NC1=O. The van der Waals surface area contributed by atoms with E-state index in [-0.39, 0.29) is 30.7 Å². The molecule has 0 fully saturated rings. The molecule has 2 aromatic carbocycles. The second kappa shape index (κ2) is 8.67. The van der Waals surface area contributed by atoms with E-state index in [0.717, 1.165) is 21.7 Å². The number of benzene rings is 2. The van der Waals surface area contributed by atoms with Gasteiger partial charge < -0.3 is 16.0 Å². The average molecular weight is 418 g/mol. The van der Waals surface area contributed by atoms with Crippen molar-refractivity contribution in [2.45, 2.75) is 30.4 Å². The van der Waals surface area contributed by atoms with Crippen molar-refractivity contribution in [2.75, 3.05) is 17.2 Å². The molecule has 2 aromatic rings. The Labute approximate surface area is 172 Å². The molecular weight excluding hydrogens is 398 g/mol. The van der Waals surface area contributed by atoms with Gasteiger partial charge in [0, 0.05) is 22.0 Å². The first kappa shape index (κ1) is 20.2. The monoisotopic (exact) mass is 417 g/mol. The lowest BCUT2D eigenvalue weighted by Crippen LogP contribution is -2.38. The number of fused-ring (bicyclic) bond motifs is 1. The number of para-hydroxylation sites is 1. The van der Waals surface area contributed by atoms with Gasteiger partial charge in [0.15, 0.2) is 0 Å². The molecular formula is C20H20ClN3O3S. The van der Waals surface area contributed by atoms with Crippen molar-refractivity contribution >= 4 is 52.5 Å². The van der Waals surface area contributed by atoms with Crippen LogP contribution in [0.3, 0.4) is 0 Å². The molecule has 146 valence electrons. The summed E-state index contributed by atoms with van der Waals surface area (Å²) in [6, 6.07) is 11.0. The van der Waals surface area contributed by atoms with Gasteiger partial charge in [-0.2, -0.15) is 0 Å². The maximum atomic E-state index is 12.2. The van der Waals surface area contributed by atoms with Gasteiger partial charge in [-0.15, -0.1) is 11.8 Å². The summed E-state index contributed by atoms with van der Waals surface area (Å²) in [7, 11) is 0. The first-order chi connectivity index (χ1) is 13.3. The molecule has 8 heteroatoms. The van der Waals surface area contributed by atoms with Gasteiger partial charge >= 0.3 is 0 Å². The molecule has 3 rings (SSSR count). The molecule has 0 saturated heterocycles. The Balaban J connectivity index is 1.52. The highest BCUT2D eigenvalue weighted by molar-refractivity contribution is 8.01. The standard InChI is InChI=1S/C20H20ClN3O3S/c1-11-4-3-5-12(2)19(11)24-18(26)10-22-17(25)9-16-20(27)23-14-8-13(21)6-7-15(14)28-16/h3-8,16H,9-10H2,1-2H3,(H,22,25)(H,23,27)(H,24,26). The molecule has 1 aliphatic rings. The summed E-state index contributed by atoms with van der Waals surface area (Å²) < 4.78 is 0. The maximum Gasteiger partial charge on any atom is 0.243 e. The quantitative estimate of drug-likeness (QED) is 0.694. The van der Waals surface area contributed by atoms with E-state index in [9.17, 15) is 14.4 Å². The van der Waals surface area contributed by atoms with Gasteiger partial charge in [-0.3, -0.25) is 14.4 Å². The largest absolute Gasteiger partial charge is 0.347 e. The normalized spacial score (nSPS) is 15.4. The topological polar surface area (TPSA) is 87.3 Å². The third-order valence-corrected chi connectivity index (χ3v) is 5.83. The predicted octanol–water partition coefficient (Wildman–Crippen LogP) is 3.51. The van der Waals surface area contributed by atoms with Crippen LogP contribution in [0.25, 0.3) is 0 Å². The zero-order chi connectivity index (χ0) is 20.3. The number of hydrogen-bond acceptors (Lipinski definition) is 4. The lowest BCUT2D eigenvalue weighted by atomic mass is 10.1. The van der Waals surface area contributed by atoms with Crippen LogP contribution in [0.15, 0.2) is 41.3 Å². The van der Waals surface area contributed by atoms with E-state index >= 15 is 0 Å². The summed E-state index contributed by atoms with van der Waals surface area (Å²) in [4.78, 5) is 37.4. The van der Waals surface area contributed by atoms with Gasteiger partial charge in [0.1, 0.15) is 0 Å². The van der Waals surface area contributed by atoms with Crippen LogP contribution in [0.5, 0.6) is 0 Å². The number of anilines is 2. The molecule has 6 nitrogen and oxygen atoms in total. The van der Waals surface area contributed by atoms with Crippen molar-refractivity contribution in [1.82, 2.24) is 5.32 Å². The number of thioether (sulfide) groups is 1. The number of amides is 3. The number of halogens is 1. The van der Waals surface area contributed by atoms with Crippen LogP contribution in [0.2, 0.25) is 5.02 Å². The summed E-state index contributed by atoms with van der Waals surface area (Å²) in [5, 5.41) is 8.13. The Kier molecular flexibility index (Phi) is 6.26. The zero-order valence-corrected chi connectivity index (χ0v) is 17.0. The molecule has 28 heavy (non-hydrogen) atoms. The lowest BCUT2D eigenvalue weighted by Gasteiger charge is -2.23. The van der Waals surface area contributed by atoms with Gasteiger partial charge in [0.2, 0.25) is 17.7 Å². The smallest absolute Gasteiger partial charge is 0.243 e. The van der Waals surface area contributed by atoms with E-state index in [4.69, 9.17) is 11.6 Å².